The van der Waals surface area contributed by atoms with Gasteiger partial charge in [-0.3, -0.25) is 0 Å². The molecule has 0 aliphatic rings. The van der Waals surface area contributed by atoms with Gasteiger partial charge in [-0.1, -0.05) is 13.8 Å². The van der Waals surface area contributed by atoms with Crippen LogP contribution in [0, 0.1) is 11.8 Å². The Morgan fingerprint density at radius 1 is 1.00 bits per heavy atom. The number of carboxylic acid groups (broad SMARTS) is 2. The minimum atomic E-state index is -1.59. The van der Waals surface area contributed by atoms with Gasteiger partial charge in [0, 0.05) is 5.92 Å². The van der Waals surface area contributed by atoms with E-state index in [1.54, 1.807) is 0 Å². The Labute approximate surface area is 115 Å². The summed E-state index contributed by atoms with van der Waals surface area (Å²) in [6.45, 7) is 2.96. The molecule has 0 aliphatic heterocycles. The third kappa shape index (κ3) is 6.46. The van der Waals surface area contributed by atoms with Crippen molar-refractivity contribution in [3.63, 3.8) is 0 Å². The molecule has 0 amide bonds. The predicted molar refractivity (Wildman–Crippen MR) is 28.3 cm³/mol. The van der Waals surface area contributed by atoms with Crippen LogP contribution in [0.2, 0.25) is 0 Å². The van der Waals surface area contributed by atoms with E-state index in [1.165, 1.54) is 13.8 Å². The third-order valence-corrected chi connectivity index (χ3v) is 1.17. The van der Waals surface area contributed by atoms with E-state index in [4.69, 9.17) is 0 Å². The minimum Gasteiger partial charge on any atom is -0.549 e. The first-order valence-electron chi connectivity index (χ1n) is 2.88. The molecule has 0 heterocycles. The van der Waals surface area contributed by atoms with Crippen LogP contribution < -0.4 is 69.3 Å². The summed E-state index contributed by atoms with van der Waals surface area (Å²) in [5, 5.41) is 20.1. The average molecular weight is 190 g/mol. The second-order valence-corrected chi connectivity index (χ2v) is 2.36. The summed E-state index contributed by atoms with van der Waals surface area (Å²) in [5.74, 6) is -5.17. The zero-order valence-electron chi connectivity index (χ0n) is 7.79. The largest absolute Gasteiger partial charge is 1.00 e. The van der Waals surface area contributed by atoms with Crippen LogP contribution in [0.3, 0.4) is 0 Å². The Balaban J connectivity index is -0.000000405. The molecular formula is C6H8Na2O4. The van der Waals surface area contributed by atoms with Gasteiger partial charge in [0.1, 0.15) is 0 Å². The summed E-state index contributed by atoms with van der Waals surface area (Å²) in [7, 11) is 0. The van der Waals surface area contributed by atoms with E-state index < -0.39 is 23.8 Å². The van der Waals surface area contributed by atoms with Crippen LogP contribution in [0.5, 0.6) is 0 Å². The molecule has 0 saturated heterocycles. The first-order chi connectivity index (χ1) is 4.46. The molecular weight excluding hydrogens is 182 g/mol. The zero-order valence-corrected chi connectivity index (χ0v) is 11.8. The Bertz CT molecular complexity index is 144. The molecule has 0 fully saturated rings. The SMILES string of the molecule is CC(C)C(C(=O)[O-])C(=O)[O-].[Na+].[Na+]. The van der Waals surface area contributed by atoms with Gasteiger partial charge in [-0.2, -0.15) is 0 Å². The number of carboxylic acids is 2. The first-order valence-corrected chi connectivity index (χ1v) is 2.88. The molecule has 0 bridgehead atoms. The van der Waals surface area contributed by atoms with Crippen molar-refractivity contribution in [1.29, 1.82) is 0 Å². The minimum absolute atomic E-state index is 0. The fraction of sp³-hybridized carbons (Fsp3) is 0.667. The van der Waals surface area contributed by atoms with Gasteiger partial charge >= 0.3 is 59.1 Å². The molecule has 0 atom stereocenters. The summed E-state index contributed by atoms with van der Waals surface area (Å²) < 4.78 is 0. The maximum Gasteiger partial charge on any atom is 1.00 e. The molecule has 0 aromatic carbocycles. The van der Waals surface area contributed by atoms with E-state index in [9.17, 15) is 19.8 Å². The summed E-state index contributed by atoms with van der Waals surface area (Å²) in [5.41, 5.74) is 0. The van der Waals surface area contributed by atoms with Gasteiger partial charge in [0.15, 0.2) is 0 Å². The van der Waals surface area contributed by atoms with Crippen LogP contribution >= 0.6 is 0 Å². The molecule has 0 unspecified atom stereocenters. The quantitative estimate of drug-likeness (QED) is 0.327. The van der Waals surface area contributed by atoms with Gasteiger partial charge in [-0.05, 0) is 5.92 Å². The van der Waals surface area contributed by atoms with Gasteiger partial charge in [0.25, 0.3) is 0 Å². The van der Waals surface area contributed by atoms with Crippen molar-refractivity contribution < 1.29 is 78.9 Å². The molecule has 0 aromatic rings. The molecule has 58 valence electrons. The fourth-order valence-electron chi connectivity index (χ4n) is 0.641. The van der Waals surface area contributed by atoms with Crippen LogP contribution in [-0.2, 0) is 9.59 Å². The van der Waals surface area contributed by atoms with E-state index in [1.807, 2.05) is 0 Å². The number of carbonyl (C=O) groups excluding carboxylic acids is 2. The van der Waals surface area contributed by atoms with Crippen molar-refractivity contribution >= 4 is 11.9 Å². The topological polar surface area (TPSA) is 80.3 Å². The van der Waals surface area contributed by atoms with Crippen LogP contribution in [-0.4, -0.2) is 11.9 Å². The van der Waals surface area contributed by atoms with Crippen molar-refractivity contribution in [1.82, 2.24) is 0 Å². The summed E-state index contributed by atoms with van der Waals surface area (Å²) in [6, 6.07) is 0. The number of rotatable bonds is 3. The van der Waals surface area contributed by atoms with E-state index in [0.717, 1.165) is 0 Å². The number of carbonyl (C=O) groups is 2. The molecule has 0 spiro atoms. The van der Waals surface area contributed by atoms with Gasteiger partial charge in [0.2, 0.25) is 0 Å². The number of aliphatic carboxylic acids is 2. The Morgan fingerprint density at radius 3 is 1.25 bits per heavy atom. The normalized spacial score (nSPS) is 8.67. The van der Waals surface area contributed by atoms with Gasteiger partial charge < -0.3 is 19.8 Å². The standard InChI is InChI=1S/C6H10O4.2Na/c1-3(2)4(5(7)8)6(9)10;;/h3-4H,1-2H3,(H,7,8)(H,9,10);;/q;2*+1/p-2. The smallest absolute Gasteiger partial charge is 0.549 e. The molecule has 4 nitrogen and oxygen atoms in total. The fourth-order valence-corrected chi connectivity index (χ4v) is 0.641. The molecule has 0 saturated carbocycles. The van der Waals surface area contributed by atoms with Crippen LogP contribution in [0.25, 0.3) is 0 Å². The van der Waals surface area contributed by atoms with E-state index in [0.29, 0.717) is 0 Å². The molecule has 6 heteroatoms. The molecule has 0 radical (unpaired) electrons. The Hall–Kier alpha value is 0.940. The van der Waals surface area contributed by atoms with Crippen molar-refractivity contribution in [2.45, 2.75) is 13.8 Å². The molecule has 0 N–H and O–H groups in total. The van der Waals surface area contributed by atoms with Crippen molar-refractivity contribution in [2.24, 2.45) is 11.8 Å². The van der Waals surface area contributed by atoms with Gasteiger partial charge in [-0.25, -0.2) is 0 Å². The van der Waals surface area contributed by atoms with Gasteiger partial charge in [0.05, 0.1) is 11.9 Å². The third-order valence-electron chi connectivity index (χ3n) is 1.17. The Morgan fingerprint density at radius 2 is 1.25 bits per heavy atom. The van der Waals surface area contributed by atoms with Crippen LogP contribution in [0.4, 0.5) is 0 Å². The zero-order chi connectivity index (χ0) is 8.31. The van der Waals surface area contributed by atoms with E-state index in [2.05, 4.69) is 0 Å². The Kier molecular flexibility index (Phi) is 13.3. The molecule has 0 aliphatic carbocycles. The maximum atomic E-state index is 10.1. The van der Waals surface area contributed by atoms with Gasteiger partial charge in [-0.15, -0.1) is 0 Å². The summed E-state index contributed by atoms with van der Waals surface area (Å²) in [4.78, 5) is 20.1. The molecule has 0 aromatic heterocycles. The van der Waals surface area contributed by atoms with Crippen LogP contribution in [0.1, 0.15) is 13.8 Å². The monoisotopic (exact) mass is 190 g/mol. The van der Waals surface area contributed by atoms with E-state index in [-0.39, 0.29) is 59.1 Å². The second-order valence-electron chi connectivity index (χ2n) is 2.36. The summed E-state index contributed by atoms with van der Waals surface area (Å²) in [6.07, 6.45) is 0. The second kappa shape index (κ2) is 8.53. The van der Waals surface area contributed by atoms with E-state index >= 15 is 0 Å². The number of hydrogen-bond donors (Lipinski definition) is 0. The average Bonchev–Trinajstić information content (AvgIpc) is 1.59. The predicted octanol–water partition coefficient (Wildman–Crippen LogP) is -8.23. The van der Waals surface area contributed by atoms with Crippen molar-refractivity contribution in [3.05, 3.63) is 0 Å². The van der Waals surface area contributed by atoms with Crippen molar-refractivity contribution in [3.8, 4) is 0 Å². The molecule has 12 heavy (non-hydrogen) atoms. The number of hydrogen-bond acceptors (Lipinski definition) is 4. The van der Waals surface area contributed by atoms with Crippen molar-refractivity contribution in [2.75, 3.05) is 0 Å². The first kappa shape index (κ1) is 18.7. The molecule has 0 rings (SSSR count). The van der Waals surface area contributed by atoms with Crippen LogP contribution in [0.15, 0.2) is 0 Å². The summed E-state index contributed by atoms with van der Waals surface area (Å²) >= 11 is 0. The maximum absolute atomic E-state index is 10.1.